The Labute approximate surface area is 225 Å². The van der Waals surface area contributed by atoms with Crippen LogP contribution < -0.4 is 21.3 Å². The molecule has 0 aliphatic carbocycles. The van der Waals surface area contributed by atoms with Crippen molar-refractivity contribution in [2.24, 2.45) is 0 Å². The van der Waals surface area contributed by atoms with Gasteiger partial charge < -0.3 is 26.4 Å². The average molecular weight is 533 g/mol. The molecule has 38 heavy (non-hydrogen) atoms. The quantitative estimate of drug-likeness (QED) is 0.192. The first-order valence-corrected chi connectivity index (χ1v) is 12.6. The molecule has 1 aromatic heterocycles. The van der Waals surface area contributed by atoms with Gasteiger partial charge in [-0.1, -0.05) is 23.7 Å². The number of fused-ring (bicyclic) bond motifs is 1. The van der Waals surface area contributed by atoms with Crippen LogP contribution >= 0.6 is 11.6 Å². The van der Waals surface area contributed by atoms with Crippen molar-refractivity contribution in [3.8, 4) is 17.1 Å². The molecule has 0 atom stereocenters. The van der Waals surface area contributed by atoms with Crippen molar-refractivity contribution in [1.82, 2.24) is 20.6 Å². The van der Waals surface area contributed by atoms with Crippen molar-refractivity contribution < 1.29 is 14.7 Å². The second kappa shape index (κ2) is 12.2. The minimum atomic E-state index is -0.191. The number of benzene rings is 3. The summed E-state index contributed by atoms with van der Waals surface area (Å²) in [6.07, 6.45) is 0. The molecule has 2 amide bonds. The number of halogens is 1. The van der Waals surface area contributed by atoms with E-state index in [0.29, 0.717) is 54.2 Å². The second-order valence-electron chi connectivity index (χ2n) is 8.71. The van der Waals surface area contributed by atoms with Gasteiger partial charge in [-0.25, -0.2) is 9.97 Å². The van der Waals surface area contributed by atoms with Gasteiger partial charge >= 0.3 is 0 Å². The summed E-state index contributed by atoms with van der Waals surface area (Å²) in [4.78, 5) is 33.2. The van der Waals surface area contributed by atoms with Crippen molar-refractivity contribution in [2.45, 2.75) is 13.8 Å². The molecule has 1 heterocycles. The Bertz CT molecular complexity index is 1460. The summed E-state index contributed by atoms with van der Waals surface area (Å²) in [5.74, 6) is 1.69. The first kappa shape index (κ1) is 26.7. The third-order valence-electron chi connectivity index (χ3n) is 5.83. The normalized spacial score (nSPS) is 10.7. The van der Waals surface area contributed by atoms with Crippen molar-refractivity contribution in [2.75, 3.05) is 36.8 Å². The molecule has 0 aliphatic heterocycles. The van der Waals surface area contributed by atoms with Gasteiger partial charge in [-0.15, -0.1) is 0 Å². The lowest BCUT2D eigenvalue weighted by atomic mass is 10.1. The number of nitrogens with one attached hydrogen (secondary N) is 4. The highest BCUT2D eigenvalue weighted by atomic mass is 35.5. The third kappa shape index (κ3) is 6.89. The largest absolute Gasteiger partial charge is 0.508 e. The smallest absolute Gasteiger partial charge is 0.251 e. The van der Waals surface area contributed by atoms with Gasteiger partial charge in [0.15, 0.2) is 5.82 Å². The van der Waals surface area contributed by atoms with Crippen LogP contribution in [0.4, 0.5) is 11.6 Å². The SMILES string of the molecule is CC(=O)NCCNc1nc(-c2ccc(Cl)cc2)nc(NCCNC(=O)c2ccc3cc(O)ccc3c2)c1C. The maximum absolute atomic E-state index is 12.7. The van der Waals surface area contributed by atoms with E-state index in [9.17, 15) is 14.7 Å². The molecule has 9 nitrogen and oxygen atoms in total. The number of carbonyl (C=O) groups is 2. The molecule has 196 valence electrons. The van der Waals surface area contributed by atoms with Gasteiger partial charge in [0.25, 0.3) is 5.91 Å². The maximum Gasteiger partial charge on any atom is 0.251 e. The van der Waals surface area contributed by atoms with Gasteiger partial charge in [0, 0.05) is 54.8 Å². The topological polar surface area (TPSA) is 128 Å². The third-order valence-corrected chi connectivity index (χ3v) is 6.08. The minimum Gasteiger partial charge on any atom is -0.508 e. The number of anilines is 2. The number of amides is 2. The molecule has 0 bridgehead atoms. The summed E-state index contributed by atoms with van der Waals surface area (Å²) in [6, 6.07) is 17.6. The van der Waals surface area contributed by atoms with Gasteiger partial charge in [0.05, 0.1) is 0 Å². The van der Waals surface area contributed by atoms with Gasteiger partial charge in [-0.05, 0) is 66.2 Å². The summed E-state index contributed by atoms with van der Waals surface area (Å²) < 4.78 is 0. The van der Waals surface area contributed by atoms with E-state index in [2.05, 4.69) is 26.3 Å². The van der Waals surface area contributed by atoms with E-state index in [0.717, 1.165) is 21.9 Å². The molecule has 4 rings (SSSR count). The molecule has 0 fully saturated rings. The summed E-state index contributed by atoms with van der Waals surface area (Å²) >= 11 is 6.04. The van der Waals surface area contributed by atoms with Crippen LogP contribution in [0.3, 0.4) is 0 Å². The Hall–Kier alpha value is -4.37. The number of aromatic nitrogens is 2. The maximum atomic E-state index is 12.7. The molecule has 3 aromatic carbocycles. The Morgan fingerprint density at radius 2 is 1.42 bits per heavy atom. The molecule has 0 saturated heterocycles. The zero-order valence-corrected chi connectivity index (χ0v) is 21.9. The van der Waals surface area contributed by atoms with Crippen LogP contribution in [0.15, 0.2) is 60.7 Å². The Morgan fingerprint density at radius 1 is 0.816 bits per heavy atom. The Morgan fingerprint density at radius 3 is 2.08 bits per heavy atom. The molecular formula is C28H29ClN6O3. The van der Waals surface area contributed by atoms with Crippen LogP contribution in [0.2, 0.25) is 5.02 Å². The summed E-state index contributed by atoms with van der Waals surface area (Å²) in [5.41, 5.74) is 2.16. The number of hydrogen-bond donors (Lipinski definition) is 5. The zero-order chi connectivity index (χ0) is 27.1. The molecule has 4 aromatic rings. The standard InChI is InChI=1S/C28H29ClN6O3/c1-17-25(31-12-11-30-18(2)36)34-27(19-5-8-23(29)9-6-19)35-26(17)32-13-14-33-28(38)22-4-3-21-16-24(37)10-7-20(21)15-22/h3-10,15-16,37H,11-14H2,1-2H3,(H,30,36)(H,33,38)(H2,31,32,34,35). The molecule has 0 saturated carbocycles. The molecule has 0 radical (unpaired) electrons. The number of phenolic OH excluding ortho intramolecular Hbond substituents is 1. The summed E-state index contributed by atoms with van der Waals surface area (Å²) in [5, 5.41) is 24.2. The Kier molecular flexibility index (Phi) is 8.60. The Balaban J connectivity index is 1.43. The van der Waals surface area contributed by atoms with Crippen LogP contribution in [-0.4, -0.2) is 53.1 Å². The number of phenols is 1. The first-order chi connectivity index (χ1) is 18.3. The molecule has 0 aliphatic rings. The van der Waals surface area contributed by atoms with Gasteiger partial charge in [0.2, 0.25) is 5.91 Å². The minimum absolute atomic E-state index is 0.0968. The lowest BCUT2D eigenvalue weighted by Gasteiger charge is -2.16. The predicted molar refractivity (Wildman–Crippen MR) is 151 cm³/mol. The van der Waals surface area contributed by atoms with E-state index in [1.165, 1.54) is 6.92 Å². The lowest BCUT2D eigenvalue weighted by molar-refractivity contribution is -0.118. The van der Waals surface area contributed by atoms with E-state index in [1.54, 1.807) is 42.5 Å². The molecule has 5 N–H and O–H groups in total. The van der Waals surface area contributed by atoms with Crippen LogP contribution in [0.25, 0.3) is 22.2 Å². The van der Waals surface area contributed by atoms with Crippen LogP contribution in [0, 0.1) is 6.92 Å². The van der Waals surface area contributed by atoms with Crippen LogP contribution in [0.5, 0.6) is 5.75 Å². The van der Waals surface area contributed by atoms with Crippen molar-refractivity contribution >= 4 is 45.8 Å². The van der Waals surface area contributed by atoms with E-state index in [4.69, 9.17) is 16.6 Å². The number of aromatic hydroxyl groups is 1. The number of hydrogen-bond acceptors (Lipinski definition) is 7. The monoisotopic (exact) mass is 532 g/mol. The van der Waals surface area contributed by atoms with Crippen molar-refractivity contribution in [3.63, 3.8) is 0 Å². The fourth-order valence-electron chi connectivity index (χ4n) is 3.84. The molecule has 10 heteroatoms. The predicted octanol–water partition coefficient (Wildman–Crippen LogP) is 4.35. The van der Waals surface area contributed by atoms with Crippen molar-refractivity contribution in [3.05, 3.63) is 76.8 Å². The van der Waals surface area contributed by atoms with Gasteiger partial charge in [-0.3, -0.25) is 9.59 Å². The average Bonchev–Trinajstić information content (AvgIpc) is 2.90. The lowest BCUT2D eigenvalue weighted by Crippen LogP contribution is -2.29. The summed E-state index contributed by atoms with van der Waals surface area (Å²) in [7, 11) is 0. The van der Waals surface area contributed by atoms with E-state index in [1.807, 2.05) is 25.1 Å². The highest BCUT2D eigenvalue weighted by Gasteiger charge is 2.13. The molecule has 0 unspecified atom stereocenters. The van der Waals surface area contributed by atoms with E-state index < -0.39 is 0 Å². The summed E-state index contributed by atoms with van der Waals surface area (Å²) in [6.45, 7) is 5.15. The molecule has 0 spiro atoms. The number of nitrogens with zero attached hydrogens (tertiary/aromatic N) is 2. The second-order valence-corrected chi connectivity index (χ2v) is 9.15. The fourth-order valence-corrected chi connectivity index (χ4v) is 3.97. The van der Waals surface area contributed by atoms with Crippen molar-refractivity contribution in [1.29, 1.82) is 0 Å². The highest BCUT2D eigenvalue weighted by molar-refractivity contribution is 6.30. The van der Waals surface area contributed by atoms with Gasteiger partial charge in [-0.2, -0.15) is 0 Å². The van der Waals surface area contributed by atoms with Crippen LogP contribution in [-0.2, 0) is 4.79 Å². The number of carbonyl (C=O) groups excluding carboxylic acids is 2. The molecular weight excluding hydrogens is 504 g/mol. The van der Waals surface area contributed by atoms with Gasteiger partial charge in [0.1, 0.15) is 17.4 Å². The van der Waals surface area contributed by atoms with Crippen LogP contribution in [0.1, 0.15) is 22.8 Å². The van der Waals surface area contributed by atoms with E-state index in [-0.39, 0.29) is 17.6 Å². The zero-order valence-electron chi connectivity index (χ0n) is 21.1. The fraction of sp³-hybridized carbons (Fsp3) is 0.214. The van der Waals surface area contributed by atoms with E-state index >= 15 is 0 Å². The number of rotatable bonds is 10. The highest BCUT2D eigenvalue weighted by Crippen LogP contribution is 2.26. The first-order valence-electron chi connectivity index (χ1n) is 12.2.